The van der Waals surface area contributed by atoms with Crippen molar-refractivity contribution in [2.75, 3.05) is 26.9 Å². The van der Waals surface area contributed by atoms with Crippen molar-refractivity contribution in [3.63, 3.8) is 0 Å². The Bertz CT molecular complexity index is 1300. The Labute approximate surface area is 242 Å². The zero-order valence-electron chi connectivity index (χ0n) is 24.5. The second kappa shape index (κ2) is 12.6. The van der Waals surface area contributed by atoms with Gasteiger partial charge in [-0.05, 0) is 63.0 Å². The number of rotatable bonds is 8. The van der Waals surface area contributed by atoms with Crippen LogP contribution in [0.2, 0.25) is 0 Å². The van der Waals surface area contributed by atoms with Gasteiger partial charge in [0, 0.05) is 30.6 Å². The summed E-state index contributed by atoms with van der Waals surface area (Å²) >= 11 is 0. The van der Waals surface area contributed by atoms with Crippen LogP contribution in [-0.2, 0) is 19.1 Å². The summed E-state index contributed by atoms with van der Waals surface area (Å²) in [5.74, 6) is 1.39. The molecule has 0 amide bonds. The smallest absolute Gasteiger partial charge is 0.306 e. The zero-order valence-corrected chi connectivity index (χ0v) is 24.5. The lowest BCUT2D eigenvalue weighted by Crippen LogP contribution is -2.62. The van der Waals surface area contributed by atoms with E-state index >= 15 is 0 Å². The monoisotopic (exact) mass is 564 g/mol. The van der Waals surface area contributed by atoms with E-state index in [9.17, 15) is 9.59 Å². The molecule has 4 atom stereocenters. The molecular weight excluding hydrogens is 520 g/mol. The van der Waals surface area contributed by atoms with Crippen LogP contribution >= 0.6 is 0 Å². The molecule has 2 aliphatic carbocycles. The fraction of sp³-hybridized carbons (Fsp3) is 0.688. The number of nitrogens with zero attached hydrogens (tertiary/aromatic N) is 4. The molecule has 41 heavy (non-hydrogen) atoms. The predicted octanol–water partition coefficient (Wildman–Crippen LogP) is 4.85. The van der Waals surface area contributed by atoms with Gasteiger partial charge in [0.1, 0.15) is 12.8 Å². The van der Waals surface area contributed by atoms with Crippen LogP contribution in [0.3, 0.4) is 0 Å². The highest BCUT2D eigenvalue weighted by atomic mass is 16.6. The van der Waals surface area contributed by atoms with Crippen LogP contribution < -0.4 is 5.56 Å². The van der Waals surface area contributed by atoms with Gasteiger partial charge in [0.15, 0.2) is 5.69 Å². The molecule has 4 aliphatic rings. The lowest BCUT2D eigenvalue weighted by molar-refractivity contribution is -0.142. The summed E-state index contributed by atoms with van der Waals surface area (Å²) in [7, 11) is 1.45. The molecule has 1 aromatic carbocycles. The summed E-state index contributed by atoms with van der Waals surface area (Å²) in [5.41, 5.74) is 2.02. The second-order valence-electron chi connectivity index (χ2n) is 12.4. The van der Waals surface area contributed by atoms with Crippen LogP contribution in [0.4, 0.5) is 0 Å². The highest BCUT2D eigenvalue weighted by Gasteiger charge is 2.46. The number of carbonyl (C=O) groups excluding carboxylic acids is 1. The van der Waals surface area contributed by atoms with E-state index in [4.69, 9.17) is 19.3 Å². The molecule has 2 saturated heterocycles. The molecule has 222 valence electrons. The normalized spacial score (nSPS) is 30.5. The van der Waals surface area contributed by atoms with E-state index in [1.54, 1.807) is 6.92 Å². The molecule has 1 aromatic heterocycles. The topological polar surface area (TPSA) is 95.2 Å². The summed E-state index contributed by atoms with van der Waals surface area (Å²) in [4.78, 5) is 39.0. The first-order valence-corrected chi connectivity index (χ1v) is 15.7. The third-order valence-corrected chi connectivity index (χ3v) is 9.83. The molecule has 9 heteroatoms. The number of aromatic nitrogens is 2. The van der Waals surface area contributed by atoms with Gasteiger partial charge in [0.25, 0.3) is 5.56 Å². The SMILES string of the molecule is CCOC(=O)CC/C(=N\OC)c1nc2ccccc2n(C2CC3COCC(C2)N3C2CC3CCCCC(C3)C2)c1=O. The van der Waals surface area contributed by atoms with Gasteiger partial charge in [-0.2, -0.15) is 0 Å². The van der Waals surface area contributed by atoms with Crippen LogP contribution in [0.25, 0.3) is 11.0 Å². The van der Waals surface area contributed by atoms with Crippen LogP contribution in [0, 0.1) is 11.8 Å². The minimum atomic E-state index is -0.333. The Kier molecular flexibility index (Phi) is 8.72. The van der Waals surface area contributed by atoms with Gasteiger partial charge in [-0.15, -0.1) is 0 Å². The first-order valence-electron chi connectivity index (χ1n) is 15.7. The average molecular weight is 565 g/mol. The van der Waals surface area contributed by atoms with E-state index in [0.717, 1.165) is 48.9 Å². The largest absolute Gasteiger partial charge is 0.466 e. The number of fused-ring (bicyclic) bond motifs is 5. The zero-order chi connectivity index (χ0) is 28.3. The van der Waals surface area contributed by atoms with Gasteiger partial charge in [0.2, 0.25) is 0 Å². The van der Waals surface area contributed by atoms with E-state index < -0.39 is 0 Å². The summed E-state index contributed by atoms with van der Waals surface area (Å²) in [6, 6.07) is 9.09. The summed E-state index contributed by atoms with van der Waals surface area (Å²) in [5, 5.41) is 4.15. The number of oxime groups is 1. The van der Waals surface area contributed by atoms with E-state index in [0.29, 0.717) is 30.4 Å². The number of piperidine rings is 1. The quantitative estimate of drug-likeness (QED) is 0.257. The van der Waals surface area contributed by atoms with Crippen LogP contribution in [-0.4, -0.2) is 71.2 Å². The molecule has 0 radical (unpaired) electrons. The summed E-state index contributed by atoms with van der Waals surface area (Å²) in [6.07, 6.45) is 11.7. The molecule has 3 heterocycles. The predicted molar refractivity (Wildman–Crippen MR) is 157 cm³/mol. The van der Waals surface area contributed by atoms with Crippen molar-refractivity contribution < 1.29 is 19.1 Å². The second-order valence-corrected chi connectivity index (χ2v) is 12.4. The third-order valence-electron chi connectivity index (χ3n) is 9.83. The molecule has 2 saturated carbocycles. The van der Waals surface area contributed by atoms with E-state index in [1.807, 2.05) is 28.8 Å². The Balaban J connectivity index is 1.32. The molecule has 0 spiro atoms. The van der Waals surface area contributed by atoms with Gasteiger partial charge in [-0.25, -0.2) is 4.98 Å². The third kappa shape index (κ3) is 5.93. The average Bonchev–Trinajstić information content (AvgIpc) is 3.13. The minimum Gasteiger partial charge on any atom is -0.466 e. The number of carbonyl (C=O) groups is 1. The van der Waals surface area contributed by atoms with Crippen molar-refractivity contribution in [1.29, 1.82) is 0 Å². The number of morpholine rings is 1. The molecule has 0 N–H and O–H groups in total. The van der Waals surface area contributed by atoms with Crippen molar-refractivity contribution in [3.8, 4) is 0 Å². The highest BCUT2D eigenvalue weighted by molar-refractivity contribution is 6.00. The van der Waals surface area contributed by atoms with Gasteiger partial charge in [-0.1, -0.05) is 43.0 Å². The number of hydrogen-bond donors (Lipinski definition) is 0. The Morgan fingerprint density at radius 2 is 1.68 bits per heavy atom. The van der Waals surface area contributed by atoms with E-state index in [2.05, 4.69) is 10.1 Å². The van der Waals surface area contributed by atoms with Gasteiger partial charge >= 0.3 is 5.97 Å². The van der Waals surface area contributed by atoms with Gasteiger partial charge < -0.3 is 18.9 Å². The molecule has 4 unspecified atom stereocenters. The summed E-state index contributed by atoms with van der Waals surface area (Å²) < 4.78 is 13.2. The first-order chi connectivity index (χ1) is 20.1. The lowest BCUT2D eigenvalue weighted by Gasteiger charge is -2.54. The molecule has 9 nitrogen and oxygen atoms in total. The number of ether oxygens (including phenoxy) is 2. The van der Waals surface area contributed by atoms with Gasteiger partial charge in [-0.3, -0.25) is 14.5 Å². The maximum absolute atomic E-state index is 14.2. The van der Waals surface area contributed by atoms with Crippen LogP contribution in [0.1, 0.15) is 89.3 Å². The van der Waals surface area contributed by atoms with Crippen molar-refractivity contribution in [2.24, 2.45) is 17.0 Å². The van der Waals surface area contributed by atoms with Crippen LogP contribution in [0.15, 0.2) is 34.2 Å². The lowest BCUT2D eigenvalue weighted by atomic mass is 9.75. The number of para-hydroxylation sites is 2. The maximum Gasteiger partial charge on any atom is 0.306 e. The highest BCUT2D eigenvalue weighted by Crippen LogP contribution is 2.44. The molecule has 6 rings (SSSR count). The fourth-order valence-electron chi connectivity index (χ4n) is 8.31. The van der Waals surface area contributed by atoms with E-state index in [-0.39, 0.29) is 36.1 Å². The number of hydrogen-bond acceptors (Lipinski definition) is 8. The maximum atomic E-state index is 14.2. The fourth-order valence-corrected chi connectivity index (χ4v) is 8.31. The Hall–Kier alpha value is -2.78. The molecule has 2 aromatic rings. The Morgan fingerprint density at radius 3 is 2.37 bits per heavy atom. The van der Waals surface area contributed by atoms with E-state index in [1.165, 1.54) is 52.1 Å². The van der Waals surface area contributed by atoms with Gasteiger partial charge in [0.05, 0.1) is 37.3 Å². The molecule has 4 bridgehead atoms. The molecule has 4 fully saturated rings. The minimum absolute atomic E-state index is 0.0315. The molecular formula is C32H44N4O5. The first kappa shape index (κ1) is 28.3. The Morgan fingerprint density at radius 1 is 0.976 bits per heavy atom. The van der Waals surface area contributed by atoms with Crippen molar-refractivity contribution in [2.45, 2.75) is 102 Å². The van der Waals surface area contributed by atoms with Crippen molar-refractivity contribution >= 4 is 22.7 Å². The van der Waals surface area contributed by atoms with Crippen molar-refractivity contribution in [1.82, 2.24) is 14.5 Å². The standard InChI is InChI=1S/C32H44N4O5/c1-3-41-30(37)13-12-28(34-39-2)31-32(38)36(29-11-7-6-10-27(29)33-31)24-17-25-19-40-20-26(18-24)35(25)23-15-21-8-4-5-9-22(14-21)16-23/h6-7,10-11,21-26H,3-5,8-9,12-20H2,1-2H3/b34-28+. The number of benzene rings is 1. The van der Waals surface area contributed by atoms with Crippen molar-refractivity contribution in [3.05, 3.63) is 40.3 Å². The molecule has 2 aliphatic heterocycles. The van der Waals surface area contributed by atoms with Crippen LogP contribution in [0.5, 0.6) is 0 Å². The number of esters is 1. The summed E-state index contributed by atoms with van der Waals surface area (Å²) in [6.45, 7) is 3.53.